The van der Waals surface area contributed by atoms with Crippen LogP contribution in [0.2, 0.25) is 0 Å². The van der Waals surface area contributed by atoms with E-state index in [0.717, 1.165) is 12.1 Å². The van der Waals surface area contributed by atoms with Gasteiger partial charge in [0, 0.05) is 0 Å². The zero-order chi connectivity index (χ0) is 16.5. The molecule has 0 aliphatic heterocycles. The Morgan fingerprint density at radius 2 is 1.91 bits per heavy atom. The molecule has 118 valence electrons. The third-order valence-electron chi connectivity index (χ3n) is 3.35. The third kappa shape index (κ3) is 3.50. The van der Waals surface area contributed by atoms with Crippen molar-refractivity contribution < 1.29 is 22.4 Å². The molecule has 0 saturated carbocycles. The lowest BCUT2D eigenvalue weighted by atomic mass is 10.0. The fraction of sp³-hybridized carbons (Fsp3) is 0.312. The van der Waals surface area contributed by atoms with Crippen LogP contribution < -0.4 is 5.32 Å². The smallest absolute Gasteiger partial charge is 0.416 e. The van der Waals surface area contributed by atoms with Crippen LogP contribution in [0.15, 0.2) is 34.7 Å². The molecule has 0 aliphatic rings. The SMILES string of the molecule is Cc1cc(C(=O)NC(C)c2cccc(C(F)(F)F)c2)c(C)o1. The second-order valence-electron chi connectivity index (χ2n) is 5.15. The number of rotatable bonds is 3. The molecule has 1 atom stereocenters. The van der Waals surface area contributed by atoms with Gasteiger partial charge in [0.2, 0.25) is 0 Å². The molecular formula is C16H16F3NO2. The van der Waals surface area contributed by atoms with Crippen molar-refractivity contribution in [3.63, 3.8) is 0 Å². The highest BCUT2D eigenvalue weighted by Crippen LogP contribution is 2.30. The van der Waals surface area contributed by atoms with Crippen molar-refractivity contribution >= 4 is 5.91 Å². The van der Waals surface area contributed by atoms with Crippen LogP contribution in [0.5, 0.6) is 0 Å². The van der Waals surface area contributed by atoms with Gasteiger partial charge in [-0.3, -0.25) is 4.79 Å². The predicted octanol–water partition coefficient (Wildman–Crippen LogP) is 4.41. The van der Waals surface area contributed by atoms with Crippen LogP contribution >= 0.6 is 0 Å². The van der Waals surface area contributed by atoms with Crippen LogP contribution in [-0.4, -0.2) is 5.91 Å². The Morgan fingerprint density at radius 3 is 2.45 bits per heavy atom. The minimum atomic E-state index is -4.40. The molecule has 1 aromatic heterocycles. The molecule has 1 aromatic carbocycles. The van der Waals surface area contributed by atoms with Gasteiger partial charge >= 0.3 is 6.18 Å². The van der Waals surface area contributed by atoms with Crippen molar-refractivity contribution in [2.75, 3.05) is 0 Å². The van der Waals surface area contributed by atoms with Gasteiger partial charge in [0.05, 0.1) is 17.2 Å². The normalized spacial score (nSPS) is 13.0. The van der Waals surface area contributed by atoms with Crippen molar-refractivity contribution in [1.29, 1.82) is 0 Å². The fourth-order valence-electron chi connectivity index (χ4n) is 2.20. The number of alkyl halides is 3. The first-order valence-corrected chi connectivity index (χ1v) is 6.73. The molecule has 0 saturated heterocycles. The quantitative estimate of drug-likeness (QED) is 0.912. The van der Waals surface area contributed by atoms with Gasteiger partial charge < -0.3 is 9.73 Å². The summed E-state index contributed by atoms with van der Waals surface area (Å²) < 4.78 is 43.4. The molecule has 2 rings (SSSR count). The zero-order valence-electron chi connectivity index (χ0n) is 12.4. The standard InChI is InChI=1S/C16H16F3NO2/c1-9-7-14(11(3)22-9)15(21)20-10(2)12-5-4-6-13(8-12)16(17,18)19/h4-8,10H,1-3H3,(H,20,21). The van der Waals surface area contributed by atoms with E-state index in [1.807, 2.05) is 0 Å². The number of furan rings is 1. The zero-order valence-corrected chi connectivity index (χ0v) is 12.4. The maximum atomic E-state index is 12.7. The van der Waals surface area contributed by atoms with E-state index in [4.69, 9.17) is 4.42 Å². The topological polar surface area (TPSA) is 42.2 Å². The highest BCUT2D eigenvalue weighted by atomic mass is 19.4. The third-order valence-corrected chi connectivity index (χ3v) is 3.35. The lowest BCUT2D eigenvalue weighted by Gasteiger charge is -2.16. The Morgan fingerprint density at radius 1 is 1.23 bits per heavy atom. The molecule has 0 fully saturated rings. The Balaban J connectivity index is 2.17. The van der Waals surface area contributed by atoms with E-state index in [-0.39, 0.29) is 5.91 Å². The lowest BCUT2D eigenvalue weighted by Crippen LogP contribution is -2.27. The molecule has 0 spiro atoms. The number of benzene rings is 1. The van der Waals surface area contributed by atoms with Crippen LogP contribution in [0.1, 0.15) is 46.0 Å². The first-order valence-electron chi connectivity index (χ1n) is 6.73. The van der Waals surface area contributed by atoms with Crippen LogP contribution in [0, 0.1) is 13.8 Å². The summed E-state index contributed by atoms with van der Waals surface area (Å²) in [7, 11) is 0. The van der Waals surface area contributed by atoms with Gasteiger partial charge in [0.15, 0.2) is 0 Å². The minimum absolute atomic E-state index is 0.376. The molecule has 0 bridgehead atoms. The molecule has 3 nitrogen and oxygen atoms in total. The highest BCUT2D eigenvalue weighted by Gasteiger charge is 2.30. The number of carbonyl (C=O) groups is 1. The van der Waals surface area contributed by atoms with E-state index in [1.165, 1.54) is 6.07 Å². The first kappa shape index (κ1) is 16.1. The second-order valence-corrected chi connectivity index (χ2v) is 5.15. The van der Waals surface area contributed by atoms with Gasteiger partial charge in [0.1, 0.15) is 11.5 Å². The van der Waals surface area contributed by atoms with Crippen LogP contribution in [0.25, 0.3) is 0 Å². The molecule has 1 N–H and O–H groups in total. The predicted molar refractivity (Wildman–Crippen MR) is 75.5 cm³/mol. The van der Waals surface area contributed by atoms with E-state index in [1.54, 1.807) is 32.9 Å². The average Bonchev–Trinajstić information content (AvgIpc) is 2.77. The molecule has 2 aromatic rings. The van der Waals surface area contributed by atoms with Crippen molar-refractivity contribution in [3.8, 4) is 0 Å². The summed E-state index contributed by atoms with van der Waals surface area (Å²) in [5, 5.41) is 2.68. The Hall–Kier alpha value is -2.24. The van der Waals surface area contributed by atoms with E-state index < -0.39 is 17.8 Å². The lowest BCUT2D eigenvalue weighted by molar-refractivity contribution is -0.137. The van der Waals surface area contributed by atoms with Crippen molar-refractivity contribution in [2.45, 2.75) is 33.0 Å². The number of hydrogen-bond acceptors (Lipinski definition) is 2. The Labute approximate surface area is 126 Å². The summed E-state index contributed by atoms with van der Waals surface area (Å²) in [6, 6.07) is 5.97. The van der Waals surface area contributed by atoms with Gasteiger partial charge in [-0.2, -0.15) is 13.2 Å². The molecule has 0 aliphatic carbocycles. The van der Waals surface area contributed by atoms with Gasteiger partial charge in [-0.15, -0.1) is 0 Å². The molecule has 6 heteroatoms. The molecule has 0 radical (unpaired) electrons. The minimum Gasteiger partial charge on any atom is -0.466 e. The summed E-state index contributed by atoms with van der Waals surface area (Å²) in [5.41, 5.74) is 0.0406. The maximum absolute atomic E-state index is 12.7. The van der Waals surface area contributed by atoms with Crippen LogP contribution in [-0.2, 0) is 6.18 Å². The number of amides is 1. The van der Waals surface area contributed by atoms with Crippen LogP contribution in [0.4, 0.5) is 13.2 Å². The van der Waals surface area contributed by atoms with Gasteiger partial charge in [-0.05, 0) is 44.5 Å². The van der Waals surface area contributed by atoms with Gasteiger partial charge in [-0.25, -0.2) is 0 Å². The Kier molecular flexibility index (Phi) is 4.30. The van der Waals surface area contributed by atoms with E-state index in [9.17, 15) is 18.0 Å². The summed E-state index contributed by atoms with van der Waals surface area (Å²) in [5.74, 6) is 0.708. The summed E-state index contributed by atoms with van der Waals surface area (Å²) in [4.78, 5) is 12.2. The fourth-order valence-corrected chi connectivity index (χ4v) is 2.20. The Bertz CT molecular complexity index is 689. The largest absolute Gasteiger partial charge is 0.466 e. The maximum Gasteiger partial charge on any atom is 0.416 e. The second kappa shape index (κ2) is 5.87. The van der Waals surface area contributed by atoms with Crippen molar-refractivity contribution in [3.05, 3.63) is 58.5 Å². The summed E-state index contributed by atoms with van der Waals surface area (Å²) in [6.07, 6.45) is -4.40. The van der Waals surface area contributed by atoms with E-state index >= 15 is 0 Å². The van der Waals surface area contributed by atoms with Crippen molar-refractivity contribution in [2.24, 2.45) is 0 Å². The number of hydrogen-bond donors (Lipinski definition) is 1. The average molecular weight is 311 g/mol. The van der Waals surface area contributed by atoms with Gasteiger partial charge in [-0.1, -0.05) is 12.1 Å². The van der Waals surface area contributed by atoms with Crippen molar-refractivity contribution in [1.82, 2.24) is 5.32 Å². The molecule has 1 heterocycles. The van der Waals surface area contributed by atoms with Gasteiger partial charge in [0.25, 0.3) is 5.91 Å². The molecule has 1 amide bonds. The molecule has 22 heavy (non-hydrogen) atoms. The van der Waals surface area contributed by atoms with E-state index in [2.05, 4.69) is 5.32 Å². The first-order chi connectivity index (χ1) is 10.2. The number of aryl methyl sites for hydroxylation is 2. The number of halogens is 3. The summed E-state index contributed by atoms with van der Waals surface area (Å²) in [6.45, 7) is 5.02. The highest BCUT2D eigenvalue weighted by molar-refractivity contribution is 5.95. The van der Waals surface area contributed by atoms with Crippen LogP contribution in [0.3, 0.4) is 0 Å². The summed E-state index contributed by atoms with van der Waals surface area (Å²) >= 11 is 0. The molecular weight excluding hydrogens is 295 g/mol. The monoisotopic (exact) mass is 311 g/mol. The number of nitrogens with one attached hydrogen (secondary N) is 1. The molecule has 1 unspecified atom stereocenters. The number of carbonyl (C=O) groups excluding carboxylic acids is 1. The van der Waals surface area contributed by atoms with E-state index in [0.29, 0.717) is 22.6 Å².